The van der Waals surface area contributed by atoms with E-state index in [4.69, 9.17) is 0 Å². The van der Waals surface area contributed by atoms with Crippen molar-refractivity contribution < 1.29 is 9.18 Å². The first-order valence-electron chi connectivity index (χ1n) is 3.31. The Morgan fingerprint density at radius 2 is 2.33 bits per heavy atom. The molecule has 0 saturated heterocycles. The Labute approximate surface area is 74.2 Å². The van der Waals surface area contributed by atoms with E-state index < -0.39 is 5.82 Å². The SMILES string of the molecule is CSc1ccc(NC=O)c(F)c1. The molecule has 64 valence electrons. The Balaban J connectivity index is 2.94. The van der Waals surface area contributed by atoms with E-state index >= 15 is 0 Å². The molecule has 4 heteroatoms. The molecule has 0 aliphatic carbocycles. The predicted octanol–water partition coefficient (Wildman–Crippen LogP) is 2.12. The second kappa shape index (κ2) is 4.11. The van der Waals surface area contributed by atoms with Crippen LogP contribution in [0.15, 0.2) is 23.1 Å². The summed E-state index contributed by atoms with van der Waals surface area (Å²) < 4.78 is 13.0. The molecule has 0 radical (unpaired) electrons. The lowest BCUT2D eigenvalue weighted by molar-refractivity contribution is -0.105. The number of halogens is 1. The number of anilines is 1. The number of carbonyl (C=O) groups is 1. The van der Waals surface area contributed by atoms with E-state index in [0.717, 1.165) is 4.90 Å². The number of thioether (sulfide) groups is 1. The van der Waals surface area contributed by atoms with E-state index in [2.05, 4.69) is 5.32 Å². The molecule has 1 aromatic rings. The molecule has 12 heavy (non-hydrogen) atoms. The lowest BCUT2D eigenvalue weighted by Crippen LogP contribution is -1.96. The van der Waals surface area contributed by atoms with Gasteiger partial charge in [0.1, 0.15) is 5.82 Å². The van der Waals surface area contributed by atoms with E-state index in [0.29, 0.717) is 6.41 Å². The molecular weight excluding hydrogens is 177 g/mol. The molecule has 1 amide bonds. The van der Waals surface area contributed by atoms with Crippen LogP contribution in [0, 0.1) is 5.82 Å². The molecule has 0 bridgehead atoms. The lowest BCUT2D eigenvalue weighted by atomic mass is 10.3. The van der Waals surface area contributed by atoms with Gasteiger partial charge in [0.25, 0.3) is 0 Å². The largest absolute Gasteiger partial charge is 0.326 e. The summed E-state index contributed by atoms with van der Waals surface area (Å²) in [7, 11) is 0. The molecule has 0 saturated carbocycles. The maximum Gasteiger partial charge on any atom is 0.211 e. The number of benzene rings is 1. The van der Waals surface area contributed by atoms with Gasteiger partial charge in [-0.05, 0) is 24.5 Å². The molecule has 0 aliphatic heterocycles. The summed E-state index contributed by atoms with van der Waals surface area (Å²) in [6.07, 6.45) is 2.32. The van der Waals surface area contributed by atoms with E-state index in [9.17, 15) is 9.18 Å². The van der Waals surface area contributed by atoms with Gasteiger partial charge in [0.05, 0.1) is 5.69 Å². The molecule has 0 heterocycles. The van der Waals surface area contributed by atoms with Crippen molar-refractivity contribution in [2.75, 3.05) is 11.6 Å². The average molecular weight is 185 g/mol. The number of amides is 1. The van der Waals surface area contributed by atoms with Crippen LogP contribution in [-0.2, 0) is 4.79 Å². The van der Waals surface area contributed by atoms with Crippen molar-refractivity contribution in [1.29, 1.82) is 0 Å². The van der Waals surface area contributed by atoms with Crippen LogP contribution >= 0.6 is 11.8 Å². The highest BCUT2D eigenvalue weighted by Crippen LogP contribution is 2.20. The van der Waals surface area contributed by atoms with Gasteiger partial charge >= 0.3 is 0 Å². The Bertz CT molecular complexity index is 290. The third kappa shape index (κ3) is 1.98. The molecule has 0 aliphatic rings. The molecule has 1 aromatic carbocycles. The van der Waals surface area contributed by atoms with Gasteiger partial charge in [-0.15, -0.1) is 11.8 Å². The highest BCUT2D eigenvalue weighted by Gasteiger charge is 2.00. The van der Waals surface area contributed by atoms with Crippen LogP contribution < -0.4 is 5.32 Å². The van der Waals surface area contributed by atoms with Crippen LogP contribution in [0.2, 0.25) is 0 Å². The fourth-order valence-corrected chi connectivity index (χ4v) is 1.23. The third-order valence-corrected chi connectivity index (χ3v) is 2.12. The highest BCUT2D eigenvalue weighted by molar-refractivity contribution is 7.98. The minimum atomic E-state index is -0.408. The summed E-state index contributed by atoms with van der Waals surface area (Å²) in [5, 5.41) is 2.26. The lowest BCUT2D eigenvalue weighted by Gasteiger charge is -2.01. The van der Waals surface area contributed by atoms with Gasteiger partial charge in [0, 0.05) is 4.90 Å². The Morgan fingerprint density at radius 3 is 2.83 bits per heavy atom. The number of rotatable bonds is 3. The molecule has 0 unspecified atom stereocenters. The minimum absolute atomic E-state index is 0.211. The van der Waals surface area contributed by atoms with E-state index in [1.165, 1.54) is 23.9 Å². The fourth-order valence-electron chi connectivity index (χ4n) is 0.803. The first kappa shape index (κ1) is 9.06. The van der Waals surface area contributed by atoms with Crippen molar-refractivity contribution >= 4 is 23.9 Å². The van der Waals surface area contributed by atoms with E-state index in [-0.39, 0.29) is 5.69 Å². The Kier molecular flexibility index (Phi) is 3.10. The van der Waals surface area contributed by atoms with Gasteiger partial charge in [-0.2, -0.15) is 0 Å². The maximum atomic E-state index is 13.0. The summed E-state index contributed by atoms with van der Waals surface area (Å²) in [6.45, 7) is 0. The van der Waals surface area contributed by atoms with Crippen molar-refractivity contribution in [3.05, 3.63) is 24.0 Å². The van der Waals surface area contributed by atoms with E-state index in [1.807, 2.05) is 6.26 Å². The zero-order valence-corrected chi connectivity index (χ0v) is 7.32. The van der Waals surface area contributed by atoms with Crippen molar-refractivity contribution in [2.24, 2.45) is 0 Å². The molecule has 0 spiro atoms. The predicted molar refractivity (Wildman–Crippen MR) is 47.9 cm³/mol. The van der Waals surface area contributed by atoms with Crippen molar-refractivity contribution in [2.45, 2.75) is 4.90 Å². The number of carbonyl (C=O) groups excluding carboxylic acids is 1. The minimum Gasteiger partial charge on any atom is -0.326 e. The summed E-state index contributed by atoms with van der Waals surface area (Å²) in [5.74, 6) is -0.408. The third-order valence-electron chi connectivity index (χ3n) is 1.39. The Hall–Kier alpha value is -1.03. The quantitative estimate of drug-likeness (QED) is 0.577. The molecule has 1 rings (SSSR count). The monoisotopic (exact) mass is 185 g/mol. The maximum absolute atomic E-state index is 13.0. The van der Waals surface area contributed by atoms with Gasteiger partial charge in [0.2, 0.25) is 6.41 Å². The number of nitrogens with one attached hydrogen (secondary N) is 1. The van der Waals surface area contributed by atoms with Crippen molar-refractivity contribution in [1.82, 2.24) is 0 Å². The standard InChI is InChI=1S/C8H8FNOS/c1-12-6-2-3-8(10-5-11)7(9)4-6/h2-5H,1H3,(H,10,11). The van der Waals surface area contributed by atoms with Gasteiger partial charge < -0.3 is 5.32 Å². The second-order valence-corrected chi connectivity index (χ2v) is 2.99. The summed E-state index contributed by atoms with van der Waals surface area (Å²) >= 11 is 1.45. The van der Waals surface area contributed by atoms with Gasteiger partial charge in [-0.1, -0.05) is 0 Å². The Morgan fingerprint density at radius 1 is 1.58 bits per heavy atom. The smallest absolute Gasteiger partial charge is 0.211 e. The molecule has 0 aromatic heterocycles. The first-order valence-corrected chi connectivity index (χ1v) is 4.54. The fraction of sp³-hybridized carbons (Fsp3) is 0.125. The normalized spacial score (nSPS) is 9.50. The number of hydrogen-bond donors (Lipinski definition) is 1. The van der Waals surface area contributed by atoms with Crippen molar-refractivity contribution in [3.8, 4) is 0 Å². The van der Waals surface area contributed by atoms with E-state index in [1.54, 1.807) is 6.07 Å². The molecule has 2 nitrogen and oxygen atoms in total. The molecular formula is C8H8FNOS. The van der Waals surface area contributed by atoms with Crippen molar-refractivity contribution in [3.63, 3.8) is 0 Å². The molecule has 0 atom stereocenters. The summed E-state index contributed by atoms with van der Waals surface area (Å²) in [4.78, 5) is 10.8. The summed E-state index contributed by atoms with van der Waals surface area (Å²) in [5.41, 5.74) is 0.211. The topological polar surface area (TPSA) is 29.1 Å². The number of hydrogen-bond acceptors (Lipinski definition) is 2. The highest BCUT2D eigenvalue weighted by atomic mass is 32.2. The van der Waals surface area contributed by atoms with Gasteiger partial charge in [0.15, 0.2) is 0 Å². The van der Waals surface area contributed by atoms with Gasteiger partial charge in [-0.25, -0.2) is 4.39 Å². The molecule has 1 N–H and O–H groups in total. The van der Waals surface area contributed by atoms with Crippen LogP contribution in [0.25, 0.3) is 0 Å². The van der Waals surface area contributed by atoms with Gasteiger partial charge in [-0.3, -0.25) is 4.79 Å². The van der Waals surface area contributed by atoms with Crippen LogP contribution in [0.3, 0.4) is 0 Å². The van der Waals surface area contributed by atoms with Crippen LogP contribution in [0.5, 0.6) is 0 Å². The first-order chi connectivity index (χ1) is 5.77. The van der Waals surface area contributed by atoms with Crippen LogP contribution in [-0.4, -0.2) is 12.7 Å². The zero-order valence-electron chi connectivity index (χ0n) is 6.50. The zero-order chi connectivity index (χ0) is 8.97. The second-order valence-electron chi connectivity index (χ2n) is 2.11. The van der Waals surface area contributed by atoms with Crippen LogP contribution in [0.1, 0.15) is 0 Å². The van der Waals surface area contributed by atoms with Crippen LogP contribution in [0.4, 0.5) is 10.1 Å². The summed E-state index contributed by atoms with van der Waals surface area (Å²) in [6, 6.07) is 4.67. The molecule has 0 fully saturated rings. The average Bonchev–Trinajstić information content (AvgIpc) is 2.09.